The molecule has 2 aliphatic carbocycles. The zero-order chi connectivity index (χ0) is 21.6. The maximum absolute atomic E-state index is 13.1. The molecular formula is C22H25ClN2O5. The Balaban J connectivity index is 1.42. The Morgan fingerprint density at radius 3 is 2.37 bits per heavy atom. The van der Waals surface area contributed by atoms with E-state index in [2.05, 4.69) is 5.32 Å². The van der Waals surface area contributed by atoms with Crippen LogP contribution in [0.4, 0.5) is 5.69 Å². The molecule has 3 fully saturated rings. The molecule has 1 aromatic rings. The van der Waals surface area contributed by atoms with Gasteiger partial charge >= 0.3 is 5.97 Å². The van der Waals surface area contributed by atoms with Crippen molar-refractivity contribution in [3.63, 3.8) is 0 Å². The van der Waals surface area contributed by atoms with E-state index >= 15 is 0 Å². The number of ether oxygens (including phenoxy) is 1. The minimum absolute atomic E-state index is 0.244. The van der Waals surface area contributed by atoms with Crippen molar-refractivity contribution in [2.24, 2.45) is 29.6 Å². The van der Waals surface area contributed by atoms with Crippen LogP contribution in [0.5, 0.6) is 0 Å². The Kier molecular flexibility index (Phi) is 5.57. The average Bonchev–Trinajstić information content (AvgIpc) is 3.36. The van der Waals surface area contributed by atoms with Gasteiger partial charge in [-0.15, -0.1) is 0 Å². The second kappa shape index (κ2) is 8.02. The smallest absolute Gasteiger partial charge is 0.330 e. The van der Waals surface area contributed by atoms with Gasteiger partial charge < -0.3 is 10.1 Å². The van der Waals surface area contributed by atoms with Crippen LogP contribution < -0.4 is 5.32 Å². The number of esters is 1. The first-order valence-corrected chi connectivity index (χ1v) is 10.7. The van der Waals surface area contributed by atoms with Crippen LogP contribution in [0, 0.1) is 29.6 Å². The standard InChI is InChI=1S/C22H25ClN2O5/c1-11(2)19(22(29)30-10-16(26)24-15-5-3-4-14(23)9-15)25-20(27)17-12-6-7-13(8-12)18(17)21(25)28/h3-5,9,11-13,17-19H,6-8,10H2,1-2H3,(H,24,26)/t12-,13-,17-,18+,19+/m0/s1. The SMILES string of the molecule is CC(C)[C@H](C(=O)OCC(=O)Nc1cccc(Cl)c1)N1C(=O)[C@@H]2[C@H]3CC[C@@H](C3)[C@@H]2C1=O. The number of anilines is 1. The van der Waals surface area contributed by atoms with Gasteiger partial charge in [0.05, 0.1) is 11.8 Å². The molecule has 0 radical (unpaired) electrons. The van der Waals surface area contributed by atoms with Crippen LogP contribution >= 0.6 is 11.6 Å². The molecule has 0 unspecified atom stereocenters. The number of nitrogens with zero attached hydrogens (tertiary/aromatic N) is 1. The molecule has 4 rings (SSSR count). The van der Waals surface area contributed by atoms with E-state index in [4.69, 9.17) is 16.3 Å². The Labute approximate surface area is 180 Å². The van der Waals surface area contributed by atoms with Crippen molar-refractivity contribution in [1.29, 1.82) is 0 Å². The van der Waals surface area contributed by atoms with E-state index in [-0.39, 0.29) is 41.4 Å². The van der Waals surface area contributed by atoms with Gasteiger partial charge in [0, 0.05) is 10.7 Å². The highest BCUT2D eigenvalue weighted by molar-refractivity contribution is 6.30. The summed E-state index contributed by atoms with van der Waals surface area (Å²) in [5.41, 5.74) is 0.483. The summed E-state index contributed by atoms with van der Waals surface area (Å²) in [4.78, 5) is 52.2. The summed E-state index contributed by atoms with van der Waals surface area (Å²) in [5, 5.41) is 3.07. The van der Waals surface area contributed by atoms with E-state index in [1.807, 2.05) is 0 Å². The Bertz CT molecular complexity index is 873. The summed E-state index contributed by atoms with van der Waals surface area (Å²) in [6.45, 7) is 3.02. The molecule has 1 heterocycles. The highest BCUT2D eigenvalue weighted by atomic mass is 35.5. The highest BCUT2D eigenvalue weighted by Gasteiger charge is 2.62. The average molecular weight is 433 g/mol. The van der Waals surface area contributed by atoms with Gasteiger partial charge in [0.1, 0.15) is 6.04 Å². The van der Waals surface area contributed by atoms with E-state index in [0.29, 0.717) is 10.7 Å². The number of carbonyl (C=O) groups is 4. The van der Waals surface area contributed by atoms with Crippen molar-refractivity contribution in [2.45, 2.75) is 39.2 Å². The first-order valence-electron chi connectivity index (χ1n) is 10.4. The molecule has 30 heavy (non-hydrogen) atoms. The predicted octanol–water partition coefficient (Wildman–Crippen LogP) is 2.88. The first kappa shape index (κ1) is 20.8. The number of carbonyl (C=O) groups excluding carboxylic acids is 4. The summed E-state index contributed by atoms with van der Waals surface area (Å²) in [6.07, 6.45) is 2.87. The number of imide groups is 1. The molecule has 0 spiro atoms. The predicted molar refractivity (Wildman–Crippen MR) is 109 cm³/mol. The van der Waals surface area contributed by atoms with E-state index in [9.17, 15) is 19.2 Å². The van der Waals surface area contributed by atoms with Crippen molar-refractivity contribution in [2.75, 3.05) is 11.9 Å². The number of halogens is 1. The number of rotatable bonds is 6. The summed E-state index contributed by atoms with van der Waals surface area (Å²) < 4.78 is 5.20. The number of nitrogens with one attached hydrogen (secondary N) is 1. The molecule has 3 amide bonds. The van der Waals surface area contributed by atoms with Crippen molar-refractivity contribution >= 4 is 41.0 Å². The van der Waals surface area contributed by atoms with Crippen molar-refractivity contribution < 1.29 is 23.9 Å². The highest BCUT2D eigenvalue weighted by Crippen LogP contribution is 2.56. The lowest BCUT2D eigenvalue weighted by Gasteiger charge is -2.28. The molecule has 1 saturated heterocycles. The van der Waals surface area contributed by atoms with Gasteiger partial charge in [0.15, 0.2) is 6.61 Å². The van der Waals surface area contributed by atoms with Gasteiger partial charge in [-0.1, -0.05) is 31.5 Å². The fourth-order valence-corrected chi connectivity index (χ4v) is 5.56. The molecule has 1 aromatic carbocycles. The van der Waals surface area contributed by atoms with Crippen LogP contribution in [-0.4, -0.2) is 41.2 Å². The molecule has 2 bridgehead atoms. The lowest BCUT2D eigenvalue weighted by Crippen LogP contribution is -2.50. The molecule has 5 atom stereocenters. The summed E-state index contributed by atoms with van der Waals surface area (Å²) in [6, 6.07) is 5.59. The second-order valence-electron chi connectivity index (χ2n) is 8.79. The van der Waals surface area contributed by atoms with Crippen molar-refractivity contribution in [1.82, 2.24) is 4.90 Å². The van der Waals surface area contributed by atoms with Crippen LogP contribution in [0.15, 0.2) is 24.3 Å². The van der Waals surface area contributed by atoms with E-state index in [1.165, 1.54) is 0 Å². The van der Waals surface area contributed by atoms with Gasteiger partial charge in [0.25, 0.3) is 5.91 Å². The number of likely N-dealkylation sites (tertiary alicyclic amines) is 1. The zero-order valence-electron chi connectivity index (χ0n) is 17.0. The summed E-state index contributed by atoms with van der Waals surface area (Å²) in [7, 11) is 0. The third-order valence-corrected chi connectivity index (χ3v) is 6.80. The van der Waals surface area contributed by atoms with Crippen molar-refractivity contribution in [3.8, 4) is 0 Å². The number of benzene rings is 1. The number of hydrogen-bond donors (Lipinski definition) is 1. The molecule has 0 aromatic heterocycles. The van der Waals surface area contributed by atoms with E-state index < -0.39 is 24.5 Å². The number of amides is 3. The van der Waals surface area contributed by atoms with E-state index in [0.717, 1.165) is 24.2 Å². The topological polar surface area (TPSA) is 92.8 Å². The minimum atomic E-state index is -1.02. The maximum atomic E-state index is 13.1. The van der Waals surface area contributed by atoms with Crippen LogP contribution in [0.3, 0.4) is 0 Å². The van der Waals surface area contributed by atoms with Gasteiger partial charge in [-0.2, -0.15) is 0 Å². The van der Waals surface area contributed by atoms with Crippen LogP contribution in [0.25, 0.3) is 0 Å². The zero-order valence-corrected chi connectivity index (χ0v) is 17.7. The molecule has 2 saturated carbocycles. The van der Waals surface area contributed by atoms with E-state index in [1.54, 1.807) is 38.1 Å². The molecule has 160 valence electrons. The molecule has 1 N–H and O–H groups in total. The second-order valence-corrected chi connectivity index (χ2v) is 9.22. The lowest BCUT2D eigenvalue weighted by atomic mass is 9.81. The number of hydrogen-bond acceptors (Lipinski definition) is 5. The summed E-state index contributed by atoms with van der Waals surface area (Å²) in [5.74, 6) is -2.19. The molecular weight excluding hydrogens is 408 g/mol. The molecule has 8 heteroatoms. The van der Waals surface area contributed by atoms with Gasteiger partial charge in [-0.25, -0.2) is 4.79 Å². The quantitative estimate of drug-likeness (QED) is 0.551. The Hall–Kier alpha value is -2.41. The lowest BCUT2D eigenvalue weighted by molar-refractivity contribution is -0.162. The van der Waals surface area contributed by atoms with Gasteiger partial charge in [0.2, 0.25) is 11.8 Å². The van der Waals surface area contributed by atoms with Crippen molar-refractivity contribution in [3.05, 3.63) is 29.3 Å². The van der Waals surface area contributed by atoms with Crippen LogP contribution in [0.1, 0.15) is 33.1 Å². The third kappa shape index (κ3) is 3.60. The maximum Gasteiger partial charge on any atom is 0.330 e. The normalized spacial score (nSPS) is 28.1. The van der Waals surface area contributed by atoms with Crippen LogP contribution in [-0.2, 0) is 23.9 Å². The summed E-state index contributed by atoms with van der Waals surface area (Å²) >= 11 is 5.89. The third-order valence-electron chi connectivity index (χ3n) is 6.57. The largest absolute Gasteiger partial charge is 0.454 e. The molecule has 3 aliphatic rings. The first-order chi connectivity index (χ1) is 14.3. The van der Waals surface area contributed by atoms with Gasteiger partial charge in [-0.05, 0) is 55.2 Å². The Morgan fingerprint density at radius 1 is 1.17 bits per heavy atom. The Morgan fingerprint density at radius 2 is 1.80 bits per heavy atom. The fraction of sp³-hybridized carbons (Fsp3) is 0.545. The van der Waals surface area contributed by atoms with Gasteiger partial charge in [-0.3, -0.25) is 19.3 Å². The van der Waals surface area contributed by atoms with Crippen LogP contribution in [0.2, 0.25) is 5.02 Å². The number of fused-ring (bicyclic) bond motifs is 5. The molecule has 1 aliphatic heterocycles. The fourth-order valence-electron chi connectivity index (χ4n) is 5.37. The monoisotopic (exact) mass is 432 g/mol. The molecule has 7 nitrogen and oxygen atoms in total. The minimum Gasteiger partial charge on any atom is -0.454 e.